The number of hydrogen-bond acceptors (Lipinski definition) is 3. The summed E-state index contributed by atoms with van der Waals surface area (Å²) in [7, 11) is 1.58. The van der Waals surface area contributed by atoms with Crippen LogP contribution < -0.4 is 0 Å². The third-order valence-corrected chi connectivity index (χ3v) is 4.20. The van der Waals surface area contributed by atoms with E-state index >= 15 is 0 Å². The van der Waals surface area contributed by atoms with E-state index in [2.05, 4.69) is 15.0 Å². The predicted octanol–water partition coefficient (Wildman–Crippen LogP) is 4.45. The summed E-state index contributed by atoms with van der Waals surface area (Å²) in [6.45, 7) is 0. The Morgan fingerprint density at radius 2 is 1.84 bits per heavy atom. The van der Waals surface area contributed by atoms with Crippen LogP contribution >= 0.6 is 0 Å². The molecule has 7 heteroatoms. The number of aromatic nitrogens is 1. The molecule has 2 heterocycles. The predicted molar refractivity (Wildman–Crippen MR) is 90.1 cm³/mol. The molecule has 2 N–H and O–H groups in total. The maximum atomic E-state index is 13.2. The van der Waals surface area contributed by atoms with E-state index in [4.69, 9.17) is 0 Å². The number of benzene rings is 2. The number of H-pyrrole nitrogens is 1. The van der Waals surface area contributed by atoms with Crippen LogP contribution in [0.3, 0.4) is 0 Å². The average Bonchev–Trinajstić information content (AvgIpc) is 3.09. The monoisotopic (exact) mass is 343 g/mol. The van der Waals surface area contributed by atoms with E-state index in [0.717, 1.165) is 11.6 Å². The summed E-state index contributed by atoms with van der Waals surface area (Å²) in [5.41, 5.74) is 1.54. The van der Waals surface area contributed by atoms with Gasteiger partial charge in [-0.15, -0.1) is 0 Å². The molecule has 0 saturated heterocycles. The molecule has 1 aliphatic rings. The zero-order valence-corrected chi connectivity index (χ0v) is 13.0. The fraction of sp³-hybridized carbons (Fsp3) is 0.111. The normalized spacial score (nSPS) is 15.7. The number of aromatic amines is 1. The third kappa shape index (κ3) is 2.23. The molecule has 0 saturated carbocycles. The van der Waals surface area contributed by atoms with Crippen LogP contribution in [0.5, 0.6) is 5.88 Å². The lowest BCUT2D eigenvalue weighted by atomic mass is 10.00. The molecule has 4 rings (SSSR count). The lowest BCUT2D eigenvalue weighted by Crippen LogP contribution is -2.12. The van der Waals surface area contributed by atoms with Crippen LogP contribution in [0.15, 0.2) is 52.4 Å². The molecule has 3 aromatic rings. The van der Waals surface area contributed by atoms with Crippen molar-refractivity contribution in [3.05, 3.63) is 59.2 Å². The molecule has 25 heavy (non-hydrogen) atoms. The molecule has 0 radical (unpaired) electrons. The van der Waals surface area contributed by atoms with E-state index in [-0.39, 0.29) is 22.3 Å². The molecule has 0 atom stereocenters. The van der Waals surface area contributed by atoms with Gasteiger partial charge in [0.25, 0.3) is 0 Å². The highest BCUT2D eigenvalue weighted by molar-refractivity contribution is 6.58. The van der Waals surface area contributed by atoms with Gasteiger partial charge in [-0.25, -0.2) is 4.99 Å². The maximum Gasteiger partial charge on any atom is 0.418 e. The molecule has 0 amide bonds. The Hall–Kier alpha value is -3.09. The minimum absolute atomic E-state index is 0.170. The highest BCUT2D eigenvalue weighted by Gasteiger charge is 2.35. The van der Waals surface area contributed by atoms with Crippen molar-refractivity contribution in [2.24, 2.45) is 9.98 Å². The second-order valence-electron chi connectivity index (χ2n) is 5.62. The lowest BCUT2D eigenvalue weighted by molar-refractivity contribution is -0.136. The van der Waals surface area contributed by atoms with E-state index < -0.39 is 11.7 Å². The molecule has 2 aromatic carbocycles. The minimum atomic E-state index is -4.53. The van der Waals surface area contributed by atoms with E-state index in [9.17, 15) is 18.3 Å². The van der Waals surface area contributed by atoms with Crippen molar-refractivity contribution in [1.82, 2.24) is 4.98 Å². The summed E-state index contributed by atoms with van der Waals surface area (Å²) in [5, 5.41) is 10.6. The molecule has 1 aromatic heterocycles. The molecule has 0 bridgehead atoms. The summed E-state index contributed by atoms with van der Waals surface area (Å²) in [5.74, 6) is -0.362. The standard InChI is InChI=1S/C18H12F3N3O/c1-22-15-9-5-2-3-8-12(9)23-16(15)13-10-6-4-7-11(18(19,20)21)14(10)24-17(13)25/h2-8,24-25H,1H3. The number of nitrogens with zero attached hydrogens (tertiary/aromatic N) is 2. The third-order valence-electron chi connectivity index (χ3n) is 4.20. The van der Waals surface area contributed by atoms with Crippen molar-refractivity contribution in [2.45, 2.75) is 6.18 Å². The Balaban J connectivity index is 2.00. The smallest absolute Gasteiger partial charge is 0.418 e. The molecule has 0 spiro atoms. The largest absolute Gasteiger partial charge is 0.494 e. The number of halogens is 3. The summed E-state index contributed by atoms with van der Waals surface area (Å²) >= 11 is 0. The van der Waals surface area contributed by atoms with Gasteiger partial charge in [0.05, 0.1) is 28.0 Å². The van der Waals surface area contributed by atoms with Crippen LogP contribution in [0.2, 0.25) is 0 Å². The van der Waals surface area contributed by atoms with Crippen LogP contribution in [0.25, 0.3) is 10.9 Å². The van der Waals surface area contributed by atoms with Gasteiger partial charge in [0, 0.05) is 18.0 Å². The first-order chi connectivity index (χ1) is 11.9. The van der Waals surface area contributed by atoms with Gasteiger partial charge in [-0.3, -0.25) is 4.99 Å². The molecular weight excluding hydrogens is 331 g/mol. The lowest BCUT2D eigenvalue weighted by Gasteiger charge is -2.07. The highest BCUT2D eigenvalue weighted by Crippen LogP contribution is 2.40. The molecule has 1 aliphatic heterocycles. The van der Waals surface area contributed by atoms with Crippen LogP contribution in [-0.4, -0.2) is 28.6 Å². The van der Waals surface area contributed by atoms with Gasteiger partial charge in [-0.2, -0.15) is 13.2 Å². The van der Waals surface area contributed by atoms with Crippen molar-refractivity contribution in [2.75, 3.05) is 7.05 Å². The Morgan fingerprint density at radius 1 is 1.08 bits per heavy atom. The van der Waals surface area contributed by atoms with Gasteiger partial charge in [0.15, 0.2) is 5.88 Å². The Labute approximate surface area is 140 Å². The number of alkyl halides is 3. The molecule has 4 nitrogen and oxygen atoms in total. The van der Waals surface area contributed by atoms with Gasteiger partial charge in [0.2, 0.25) is 0 Å². The van der Waals surface area contributed by atoms with Crippen molar-refractivity contribution >= 4 is 28.0 Å². The van der Waals surface area contributed by atoms with Crippen LogP contribution in [0, 0.1) is 0 Å². The highest BCUT2D eigenvalue weighted by atomic mass is 19.4. The van der Waals surface area contributed by atoms with E-state index in [1.165, 1.54) is 12.1 Å². The summed E-state index contributed by atoms with van der Waals surface area (Å²) in [4.78, 5) is 11.1. The van der Waals surface area contributed by atoms with Crippen molar-refractivity contribution < 1.29 is 18.3 Å². The Kier molecular flexibility index (Phi) is 3.21. The van der Waals surface area contributed by atoms with E-state index in [1.807, 2.05) is 18.2 Å². The van der Waals surface area contributed by atoms with Gasteiger partial charge < -0.3 is 10.1 Å². The van der Waals surface area contributed by atoms with Crippen molar-refractivity contribution in [3.63, 3.8) is 0 Å². The van der Waals surface area contributed by atoms with Crippen LogP contribution in [0.1, 0.15) is 16.7 Å². The number of aromatic hydroxyl groups is 1. The quantitative estimate of drug-likeness (QED) is 0.674. The molecular formula is C18H12F3N3O. The van der Waals surface area contributed by atoms with Crippen molar-refractivity contribution in [3.8, 4) is 5.88 Å². The first-order valence-electron chi connectivity index (χ1n) is 7.48. The second-order valence-corrected chi connectivity index (χ2v) is 5.62. The van der Waals surface area contributed by atoms with Crippen molar-refractivity contribution in [1.29, 1.82) is 0 Å². The summed E-state index contributed by atoms with van der Waals surface area (Å²) < 4.78 is 39.7. The molecule has 126 valence electrons. The molecule has 0 fully saturated rings. The molecule has 0 unspecified atom stereocenters. The van der Waals surface area contributed by atoms with Crippen LogP contribution in [-0.2, 0) is 6.18 Å². The number of hydrogen-bond donors (Lipinski definition) is 2. The minimum Gasteiger partial charge on any atom is -0.494 e. The maximum absolute atomic E-state index is 13.2. The fourth-order valence-electron chi connectivity index (χ4n) is 3.15. The number of rotatable bonds is 1. The van der Waals surface area contributed by atoms with E-state index in [0.29, 0.717) is 17.1 Å². The number of para-hydroxylation sites is 2. The Bertz CT molecular complexity index is 1060. The summed E-state index contributed by atoms with van der Waals surface area (Å²) in [6, 6.07) is 11.1. The van der Waals surface area contributed by atoms with Gasteiger partial charge in [0.1, 0.15) is 5.71 Å². The second kappa shape index (κ2) is 5.20. The number of aliphatic imine (C=N–C) groups is 2. The van der Waals surface area contributed by atoms with Crippen LogP contribution in [0.4, 0.5) is 18.9 Å². The zero-order chi connectivity index (χ0) is 17.8. The van der Waals surface area contributed by atoms with E-state index in [1.54, 1.807) is 13.1 Å². The molecule has 0 aliphatic carbocycles. The SMILES string of the molecule is CN=C1C(c2c(O)[nH]c3c(C(F)(F)F)cccc23)=Nc2ccccc21. The van der Waals surface area contributed by atoms with Gasteiger partial charge in [-0.1, -0.05) is 30.3 Å². The summed E-state index contributed by atoms with van der Waals surface area (Å²) in [6.07, 6.45) is -4.53. The first-order valence-corrected chi connectivity index (χ1v) is 7.48. The topological polar surface area (TPSA) is 60.7 Å². The van der Waals surface area contributed by atoms with Gasteiger partial charge >= 0.3 is 6.18 Å². The first kappa shape index (κ1) is 15.4. The number of fused-ring (bicyclic) bond motifs is 2. The fourth-order valence-corrected chi connectivity index (χ4v) is 3.15. The number of nitrogens with one attached hydrogen (secondary N) is 1. The van der Waals surface area contributed by atoms with Gasteiger partial charge in [-0.05, 0) is 12.1 Å². The Morgan fingerprint density at radius 3 is 2.56 bits per heavy atom. The average molecular weight is 343 g/mol. The zero-order valence-electron chi connectivity index (χ0n) is 13.0.